The van der Waals surface area contributed by atoms with E-state index >= 15 is 0 Å². The molecule has 3 unspecified atom stereocenters. The van der Waals surface area contributed by atoms with Crippen molar-refractivity contribution in [3.8, 4) is 0 Å². The summed E-state index contributed by atoms with van der Waals surface area (Å²) in [6.07, 6.45) is 6.82. The third kappa shape index (κ3) is 19.0. The van der Waals surface area contributed by atoms with Crippen LogP contribution in [0.15, 0.2) is 0 Å². The Bertz CT molecular complexity index is 280. The van der Waals surface area contributed by atoms with Crippen molar-refractivity contribution in [3.63, 3.8) is 0 Å². The quantitative estimate of drug-likeness (QED) is 0.141. The summed E-state index contributed by atoms with van der Waals surface area (Å²) in [6, 6.07) is 0. The molecule has 0 aromatic heterocycles. The minimum absolute atomic E-state index is 0.504. The Morgan fingerprint density at radius 1 is 0.571 bits per heavy atom. The molecule has 0 rings (SSSR count). The van der Waals surface area contributed by atoms with Crippen molar-refractivity contribution < 1.29 is 14.0 Å². The van der Waals surface area contributed by atoms with Gasteiger partial charge in [0.2, 0.25) is 0 Å². The van der Waals surface area contributed by atoms with Gasteiger partial charge in [-0.05, 0) is 55.8 Å². The lowest BCUT2D eigenvalue weighted by molar-refractivity contribution is 0.0940. The van der Waals surface area contributed by atoms with Crippen LogP contribution >= 0.6 is 35.3 Å². The first-order valence-corrected chi connectivity index (χ1v) is 14.4. The predicted octanol–water partition coefficient (Wildman–Crippen LogP) is 6.79. The molecule has 0 aliphatic heterocycles. The van der Waals surface area contributed by atoms with Gasteiger partial charge in [-0.25, -0.2) is 0 Å². The zero-order valence-electron chi connectivity index (χ0n) is 19.2. The maximum Gasteiger partial charge on any atom is 0.639 e. The van der Waals surface area contributed by atoms with Crippen LogP contribution in [0.1, 0.15) is 80.1 Å². The van der Waals surface area contributed by atoms with Crippen LogP contribution in [0.4, 0.5) is 0 Å². The highest BCUT2D eigenvalue weighted by molar-refractivity contribution is 8.00. The normalized spacial score (nSPS) is 14.8. The molecule has 0 aliphatic carbocycles. The first kappa shape index (κ1) is 29.0. The molecule has 28 heavy (non-hydrogen) atoms. The topological polar surface area (TPSA) is 27.7 Å². The van der Waals surface area contributed by atoms with Gasteiger partial charge < -0.3 is 14.0 Å². The molecule has 168 valence electrons. The lowest BCUT2D eigenvalue weighted by atomic mass is 10.2. The van der Waals surface area contributed by atoms with Crippen LogP contribution in [0, 0.1) is 0 Å². The lowest BCUT2D eigenvalue weighted by Crippen LogP contribution is -2.29. The van der Waals surface area contributed by atoms with Crippen LogP contribution in [0.2, 0.25) is 0 Å². The van der Waals surface area contributed by atoms with E-state index in [1.807, 2.05) is 35.3 Å². The summed E-state index contributed by atoms with van der Waals surface area (Å²) >= 11 is 6.06. The molecule has 0 aromatic rings. The summed E-state index contributed by atoms with van der Waals surface area (Å²) in [7, 11) is -0.504. The van der Waals surface area contributed by atoms with E-state index in [4.69, 9.17) is 14.0 Å². The summed E-state index contributed by atoms with van der Waals surface area (Å²) in [5.41, 5.74) is 0. The van der Waals surface area contributed by atoms with E-state index in [2.05, 4.69) is 41.5 Å². The molecule has 3 atom stereocenters. The average Bonchev–Trinajstić information content (AvgIpc) is 2.71. The van der Waals surface area contributed by atoms with Crippen LogP contribution in [0.3, 0.4) is 0 Å². The smallest absolute Gasteiger partial charge is 0.386 e. The largest absolute Gasteiger partial charge is 0.639 e. The van der Waals surface area contributed by atoms with E-state index in [1.54, 1.807) is 0 Å². The molecule has 7 heteroatoms. The van der Waals surface area contributed by atoms with Crippen LogP contribution in [-0.4, -0.2) is 60.2 Å². The van der Waals surface area contributed by atoms with Gasteiger partial charge in [0.05, 0.1) is 0 Å². The Kier molecular flexibility index (Phi) is 22.0. The molecule has 0 fully saturated rings. The van der Waals surface area contributed by atoms with Gasteiger partial charge in [0, 0.05) is 35.6 Å². The van der Waals surface area contributed by atoms with Gasteiger partial charge in [0.1, 0.15) is 0 Å². The fourth-order valence-corrected chi connectivity index (χ4v) is 4.83. The van der Waals surface area contributed by atoms with Gasteiger partial charge in [0.25, 0.3) is 0 Å². The summed E-state index contributed by atoms with van der Waals surface area (Å²) in [6.45, 7) is 15.7. The number of hydrogen-bond acceptors (Lipinski definition) is 6. The highest BCUT2D eigenvalue weighted by Gasteiger charge is 2.21. The van der Waals surface area contributed by atoms with Crippen LogP contribution in [0.5, 0.6) is 0 Å². The van der Waals surface area contributed by atoms with Crippen LogP contribution in [0.25, 0.3) is 0 Å². The van der Waals surface area contributed by atoms with Crippen LogP contribution in [-0.2, 0) is 14.0 Å². The molecule has 0 radical (unpaired) electrons. The number of hydrogen-bond donors (Lipinski definition) is 0. The predicted molar refractivity (Wildman–Crippen MR) is 134 cm³/mol. The molecule has 0 N–H and O–H groups in total. The monoisotopic (exact) mass is 452 g/mol. The van der Waals surface area contributed by atoms with Gasteiger partial charge in [-0.1, -0.05) is 41.5 Å². The minimum Gasteiger partial charge on any atom is -0.386 e. The average molecular weight is 453 g/mol. The molecule has 0 aliphatic rings. The Labute approximate surface area is 189 Å². The highest BCUT2D eigenvalue weighted by atomic mass is 32.2. The molecule has 3 nitrogen and oxygen atoms in total. The van der Waals surface area contributed by atoms with Gasteiger partial charge in [0.15, 0.2) is 0 Å². The number of thioether (sulfide) groups is 3. The third-order valence-electron chi connectivity index (χ3n) is 4.56. The minimum atomic E-state index is -0.504. The maximum atomic E-state index is 5.88. The van der Waals surface area contributed by atoms with Crippen molar-refractivity contribution in [3.05, 3.63) is 0 Å². The Balaban J connectivity index is 3.98. The zero-order chi connectivity index (χ0) is 21.0. The lowest BCUT2D eigenvalue weighted by Gasteiger charge is -2.16. The van der Waals surface area contributed by atoms with Gasteiger partial charge >= 0.3 is 7.32 Å². The molecular weight excluding hydrogens is 407 g/mol. The molecule has 0 heterocycles. The van der Waals surface area contributed by atoms with Crippen molar-refractivity contribution in [1.29, 1.82) is 0 Å². The standard InChI is InChI=1S/C21H45BO3S3/c1-7-19(4)26-16-10-13-23-22(24-14-11-17-27-20(5)8-2)25-15-12-18-28-21(6)9-3/h19-21H,7-18H2,1-6H3. The van der Waals surface area contributed by atoms with E-state index in [9.17, 15) is 0 Å². The number of rotatable bonds is 21. The molecule has 0 aromatic carbocycles. The summed E-state index contributed by atoms with van der Waals surface area (Å²) in [5.74, 6) is 3.41. The van der Waals surface area contributed by atoms with Crippen molar-refractivity contribution >= 4 is 42.6 Å². The van der Waals surface area contributed by atoms with E-state index in [-0.39, 0.29) is 0 Å². The van der Waals surface area contributed by atoms with Gasteiger partial charge in [-0.2, -0.15) is 35.3 Å². The molecule has 0 saturated heterocycles. The SMILES string of the molecule is CCC(C)SCCCOB(OCCCSC(C)CC)OCCCSC(C)CC. The molecular formula is C21H45BO3S3. The molecule has 0 spiro atoms. The summed E-state index contributed by atoms with van der Waals surface area (Å²) in [4.78, 5) is 0. The van der Waals surface area contributed by atoms with Crippen molar-refractivity contribution in [2.75, 3.05) is 37.1 Å². The van der Waals surface area contributed by atoms with E-state index < -0.39 is 7.32 Å². The van der Waals surface area contributed by atoms with Crippen molar-refractivity contribution in [2.24, 2.45) is 0 Å². The van der Waals surface area contributed by atoms with Crippen molar-refractivity contribution in [1.82, 2.24) is 0 Å². The van der Waals surface area contributed by atoms with Gasteiger partial charge in [-0.3, -0.25) is 0 Å². The fraction of sp³-hybridized carbons (Fsp3) is 1.00. The second-order valence-electron chi connectivity index (χ2n) is 7.23. The summed E-state index contributed by atoms with van der Waals surface area (Å²) < 4.78 is 17.7. The fourth-order valence-electron chi connectivity index (χ4n) is 2.07. The second kappa shape index (κ2) is 21.2. The van der Waals surface area contributed by atoms with E-state index in [0.717, 1.165) is 52.3 Å². The Morgan fingerprint density at radius 3 is 1.11 bits per heavy atom. The Morgan fingerprint density at radius 2 is 0.857 bits per heavy atom. The van der Waals surface area contributed by atoms with Crippen LogP contribution < -0.4 is 0 Å². The second-order valence-corrected chi connectivity index (χ2v) is 11.9. The van der Waals surface area contributed by atoms with Crippen molar-refractivity contribution in [2.45, 2.75) is 95.8 Å². The highest BCUT2D eigenvalue weighted by Crippen LogP contribution is 2.16. The van der Waals surface area contributed by atoms with E-state index in [1.165, 1.54) is 19.3 Å². The molecule has 0 bridgehead atoms. The maximum absolute atomic E-state index is 5.88. The van der Waals surface area contributed by atoms with E-state index in [0.29, 0.717) is 19.8 Å². The summed E-state index contributed by atoms with van der Waals surface area (Å²) in [5, 5.41) is 2.19. The third-order valence-corrected chi connectivity index (χ3v) is 8.84. The first-order valence-electron chi connectivity index (χ1n) is 11.2. The zero-order valence-corrected chi connectivity index (χ0v) is 21.7. The first-order chi connectivity index (χ1) is 13.5. The Hall–Kier alpha value is 0.995. The van der Waals surface area contributed by atoms with Gasteiger partial charge in [-0.15, -0.1) is 0 Å². The molecule has 0 saturated carbocycles. The molecule has 0 amide bonds.